The minimum absolute atomic E-state index is 0. The Hall–Kier alpha value is -4.35. The summed E-state index contributed by atoms with van der Waals surface area (Å²) in [6, 6.07) is 5.22. The second kappa shape index (κ2) is 13.1. The first kappa shape index (κ1) is 28.9. The number of ether oxygens (including phenoxy) is 1. The number of methoxy groups -OCH3 is 1. The number of rotatable bonds is 2. The molecule has 14 nitrogen and oxygen atoms in total. The van der Waals surface area contributed by atoms with Gasteiger partial charge in [0.2, 0.25) is 0 Å². The maximum absolute atomic E-state index is 11.2. The number of carboxylic acid groups (broad SMARTS) is 1. The number of carbonyl (C=O) groups is 2. The van der Waals surface area contributed by atoms with E-state index in [0.717, 1.165) is 11.0 Å². The van der Waals surface area contributed by atoms with Crippen molar-refractivity contribution in [1.82, 2.24) is 44.9 Å². The second-order valence-electron chi connectivity index (χ2n) is 6.63. The van der Waals surface area contributed by atoms with Gasteiger partial charge < -0.3 is 30.3 Å². The van der Waals surface area contributed by atoms with Crippen molar-refractivity contribution in [3.63, 3.8) is 0 Å². The molecular weight excluding hydrogens is 501 g/mol. The molecule has 0 saturated heterocycles. The van der Waals surface area contributed by atoms with Crippen LogP contribution in [-0.2, 0) is 4.74 Å². The van der Waals surface area contributed by atoms with Gasteiger partial charge in [0.25, 0.3) is 0 Å². The van der Waals surface area contributed by atoms with Crippen LogP contribution in [0.5, 0.6) is 0 Å². The van der Waals surface area contributed by atoms with Gasteiger partial charge in [-0.3, -0.25) is 0 Å². The van der Waals surface area contributed by atoms with Gasteiger partial charge in [0, 0.05) is 18.6 Å². The van der Waals surface area contributed by atoms with E-state index in [-0.39, 0.29) is 35.7 Å². The normalized spacial score (nSPS) is 9.78. The SMILES string of the molecule is COC(=O)c1ncnc2[nH]ccc12.Clc1ncnc2[nH]ccc12.O=C(O)c1ncnc2[nH]ccc12.[Li+].[OH-]. The van der Waals surface area contributed by atoms with Gasteiger partial charge in [-0.15, -0.1) is 0 Å². The summed E-state index contributed by atoms with van der Waals surface area (Å²) in [6.45, 7) is 0. The summed E-state index contributed by atoms with van der Waals surface area (Å²) in [5.41, 5.74) is 2.27. The van der Waals surface area contributed by atoms with Crippen molar-refractivity contribution in [3.8, 4) is 0 Å². The van der Waals surface area contributed by atoms with Crippen LogP contribution in [0.3, 0.4) is 0 Å². The van der Waals surface area contributed by atoms with Crippen molar-refractivity contribution >= 4 is 56.6 Å². The van der Waals surface area contributed by atoms with Crippen molar-refractivity contribution < 1.29 is 43.8 Å². The Morgan fingerprint density at radius 2 is 1.19 bits per heavy atom. The number of H-pyrrole nitrogens is 3. The van der Waals surface area contributed by atoms with Crippen LogP contribution in [0, 0.1) is 0 Å². The fourth-order valence-corrected chi connectivity index (χ4v) is 3.21. The summed E-state index contributed by atoms with van der Waals surface area (Å²) < 4.78 is 4.57. The zero-order valence-corrected chi connectivity index (χ0v) is 20.1. The third-order valence-electron chi connectivity index (χ3n) is 4.59. The number of aromatic carboxylic acids is 1. The molecule has 0 fully saturated rings. The molecule has 0 radical (unpaired) electrons. The van der Waals surface area contributed by atoms with Crippen LogP contribution in [0.4, 0.5) is 0 Å². The van der Waals surface area contributed by atoms with Crippen molar-refractivity contribution in [2.24, 2.45) is 0 Å². The van der Waals surface area contributed by atoms with Gasteiger partial charge in [-0.05, 0) is 18.2 Å². The molecule has 37 heavy (non-hydrogen) atoms. The second-order valence-corrected chi connectivity index (χ2v) is 6.98. The van der Waals surface area contributed by atoms with Crippen LogP contribution >= 0.6 is 11.6 Å². The van der Waals surface area contributed by atoms with Crippen molar-refractivity contribution in [2.75, 3.05) is 7.11 Å². The monoisotopic (exact) mass is 517 g/mol. The number of carbonyl (C=O) groups excluding carboxylic acids is 1. The van der Waals surface area contributed by atoms with E-state index in [1.165, 1.54) is 26.1 Å². The first-order valence-corrected chi connectivity index (χ1v) is 10.2. The quantitative estimate of drug-likeness (QED) is 0.134. The van der Waals surface area contributed by atoms with E-state index in [1.54, 1.807) is 30.7 Å². The Morgan fingerprint density at radius 1 is 0.757 bits per heavy atom. The Morgan fingerprint density at radius 3 is 1.68 bits per heavy atom. The van der Waals surface area contributed by atoms with Crippen LogP contribution < -0.4 is 18.9 Å². The zero-order valence-electron chi connectivity index (χ0n) is 19.4. The fourth-order valence-electron chi connectivity index (χ4n) is 3.02. The summed E-state index contributed by atoms with van der Waals surface area (Å²) in [7, 11) is 1.32. The maximum Gasteiger partial charge on any atom is 1.00 e. The van der Waals surface area contributed by atoms with E-state index < -0.39 is 11.9 Å². The van der Waals surface area contributed by atoms with Crippen LogP contribution in [0.1, 0.15) is 21.0 Å². The first-order chi connectivity index (χ1) is 17.0. The molecule has 0 aliphatic rings. The molecule has 6 heterocycles. The summed E-state index contributed by atoms with van der Waals surface area (Å²) >= 11 is 5.73. The third kappa shape index (κ3) is 6.45. The topological polar surface area (TPSA) is 218 Å². The van der Waals surface area contributed by atoms with Crippen LogP contribution in [0.15, 0.2) is 55.8 Å². The smallest absolute Gasteiger partial charge is 0.870 e. The maximum atomic E-state index is 11.2. The van der Waals surface area contributed by atoms with Gasteiger partial charge in [0.1, 0.15) is 41.1 Å². The van der Waals surface area contributed by atoms with Crippen molar-refractivity contribution in [1.29, 1.82) is 0 Å². The largest absolute Gasteiger partial charge is 1.00 e. The molecule has 0 aliphatic heterocycles. The average Bonchev–Trinajstić information content (AvgIpc) is 3.64. The number of hydrogen-bond acceptors (Lipinski definition) is 10. The molecule has 0 aliphatic carbocycles. The van der Waals surface area contributed by atoms with Crippen molar-refractivity contribution in [2.45, 2.75) is 0 Å². The molecule has 6 aromatic rings. The number of aromatic amines is 3. The van der Waals surface area contributed by atoms with Gasteiger partial charge in [-0.1, -0.05) is 11.6 Å². The molecule has 0 aromatic carbocycles. The van der Waals surface area contributed by atoms with E-state index >= 15 is 0 Å². The number of nitrogens with one attached hydrogen (secondary N) is 3. The first-order valence-electron chi connectivity index (χ1n) is 9.81. The van der Waals surface area contributed by atoms with Gasteiger partial charge >= 0.3 is 30.8 Å². The molecule has 0 unspecified atom stereocenters. The minimum Gasteiger partial charge on any atom is -0.870 e. The third-order valence-corrected chi connectivity index (χ3v) is 4.90. The number of aromatic nitrogens is 9. The standard InChI is InChI=1S/C8H7N3O2.C7H5N3O2.C6H4ClN3.Li.H2O/c1-13-8(12)6-5-2-3-9-7(5)11-4-10-6;11-7(12)5-4-1-2-8-6(4)10-3-9-5;7-5-4-1-2-8-6(4)10-3-9-5;;/h2-4H,1H3,(H,9,10,11);1-3H,(H,11,12)(H,8,9,10);1-3H,(H,8,9,10);;1H2/q;;;+1;/p-1. The molecule has 16 heteroatoms. The van der Waals surface area contributed by atoms with Gasteiger partial charge in [0.15, 0.2) is 11.4 Å². The molecule has 0 spiro atoms. The van der Waals surface area contributed by atoms with E-state index in [4.69, 9.17) is 16.7 Å². The van der Waals surface area contributed by atoms with E-state index in [9.17, 15) is 9.59 Å². The van der Waals surface area contributed by atoms with Gasteiger partial charge in [-0.2, -0.15) is 0 Å². The minimum atomic E-state index is -1.04. The fraction of sp³-hybridized carbons (Fsp3) is 0.0476. The van der Waals surface area contributed by atoms with Crippen LogP contribution in [0.25, 0.3) is 33.1 Å². The number of halogens is 1. The zero-order chi connectivity index (χ0) is 24.8. The Bertz CT molecular complexity index is 1630. The van der Waals surface area contributed by atoms with Crippen LogP contribution in [-0.4, -0.2) is 74.5 Å². The molecule has 184 valence electrons. The molecule has 0 saturated carbocycles. The molecule has 0 amide bonds. The molecule has 0 atom stereocenters. The van der Waals surface area contributed by atoms with E-state index in [0.29, 0.717) is 27.2 Å². The Labute approximate surface area is 224 Å². The summed E-state index contributed by atoms with van der Waals surface area (Å²) in [5.74, 6) is -1.49. The molecule has 6 rings (SSSR count). The Balaban J connectivity index is 0.000000191. The van der Waals surface area contributed by atoms with Gasteiger partial charge in [0.05, 0.1) is 23.3 Å². The van der Waals surface area contributed by atoms with Crippen LogP contribution in [0.2, 0.25) is 5.15 Å². The number of esters is 1. The molecule has 6 aromatic heterocycles. The predicted molar refractivity (Wildman–Crippen MR) is 127 cm³/mol. The number of fused-ring (bicyclic) bond motifs is 3. The van der Waals surface area contributed by atoms with Crippen molar-refractivity contribution in [3.05, 3.63) is 72.3 Å². The molecule has 0 bridgehead atoms. The Kier molecular flexibility index (Phi) is 10.2. The summed E-state index contributed by atoms with van der Waals surface area (Å²) in [5, 5.41) is 11.3. The van der Waals surface area contributed by atoms with Gasteiger partial charge in [-0.25, -0.2) is 39.5 Å². The summed E-state index contributed by atoms with van der Waals surface area (Å²) in [6.07, 6.45) is 9.09. The average molecular weight is 518 g/mol. The molecule has 5 N–H and O–H groups in total. The molecular formula is C21H17ClLiN9O5. The number of nitrogens with zero attached hydrogens (tertiary/aromatic N) is 6. The summed E-state index contributed by atoms with van der Waals surface area (Å²) in [4.78, 5) is 53.5. The van der Waals surface area contributed by atoms with E-state index in [1.807, 2.05) is 6.07 Å². The number of hydrogen-bond donors (Lipinski definition) is 4. The predicted octanol–water partition coefficient (Wildman–Crippen LogP) is -0.161. The number of carboxylic acids is 1. The van der Waals surface area contributed by atoms with E-state index in [2.05, 4.69) is 49.6 Å².